The highest BCUT2D eigenvalue weighted by atomic mass is 79.9. The highest BCUT2D eigenvalue weighted by Crippen LogP contribution is 2.28. The van der Waals surface area contributed by atoms with Crippen LogP contribution in [0, 0.1) is 13.8 Å². The van der Waals surface area contributed by atoms with E-state index in [1.54, 1.807) is 0 Å². The van der Waals surface area contributed by atoms with E-state index in [2.05, 4.69) is 52.5 Å². The number of halogens is 1. The van der Waals surface area contributed by atoms with Crippen molar-refractivity contribution in [3.63, 3.8) is 0 Å². The van der Waals surface area contributed by atoms with Crippen molar-refractivity contribution >= 4 is 27.5 Å². The summed E-state index contributed by atoms with van der Waals surface area (Å²) in [7, 11) is 0. The highest BCUT2D eigenvalue weighted by Gasteiger charge is 2.14. The van der Waals surface area contributed by atoms with Gasteiger partial charge in [0.05, 0.1) is 5.69 Å². The number of carbonyl (C=O) groups is 1. The molecule has 0 aromatic heterocycles. The minimum absolute atomic E-state index is 0.0491. The molecule has 0 saturated heterocycles. The van der Waals surface area contributed by atoms with Crippen molar-refractivity contribution in [2.75, 3.05) is 11.9 Å². The Hall–Kier alpha value is -1.03. The molecule has 0 radical (unpaired) electrons. The summed E-state index contributed by atoms with van der Waals surface area (Å²) in [6.45, 7) is 8.91. The third kappa shape index (κ3) is 5.16. The number of carbonyl (C=O) groups excluding carboxylic acids is 1. The largest absolute Gasteiger partial charge is 0.373 e. The Balaban J connectivity index is 2.57. The number of benzene rings is 1. The van der Waals surface area contributed by atoms with E-state index in [9.17, 15) is 4.79 Å². The first-order valence-corrected chi connectivity index (χ1v) is 8.06. The molecule has 20 heavy (non-hydrogen) atoms. The Bertz CT molecular complexity index is 437. The smallest absolute Gasteiger partial charge is 0.242 e. The van der Waals surface area contributed by atoms with Crippen molar-refractivity contribution in [2.45, 2.75) is 53.0 Å². The van der Waals surface area contributed by atoms with Crippen molar-refractivity contribution in [1.82, 2.24) is 5.32 Å². The van der Waals surface area contributed by atoms with Gasteiger partial charge in [0, 0.05) is 11.0 Å². The fraction of sp³-hybridized carbons (Fsp3) is 0.562. The normalized spacial score (nSPS) is 12.1. The molecule has 1 amide bonds. The zero-order valence-electron chi connectivity index (χ0n) is 12.8. The average molecular weight is 341 g/mol. The van der Waals surface area contributed by atoms with Gasteiger partial charge in [0.15, 0.2) is 0 Å². The van der Waals surface area contributed by atoms with Gasteiger partial charge in [-0.25, -0.2) is 0 Å². The summed E-state index contributed by atoms with van der Waals surface area (Å²) in [5.74, 6) is 0.0491. The van der Waals surface area contributed by atoms with Crippen LogP contribution in [0.1, 0.15) is 44.2 Å². The predicted octanol–water partition coefficient (Wildman–Crippen LogP) is 4.17. The molecule has 0 aliphatic carbocycles. The van der Waals surface area contributed by atoms with Crippen LogP contribution in [-0.4, -0.2) is 18.5 Å². The van der Waals surface area contributed by atoms with E-state index in [1.807, 2.05) is 13.8 Å². The maximum Gasteiger partial charge on any atom is 0.242 e. The number of nitrogens with one attached hydrogen (secondary N) is 2. The van der Waals surface area contributed by atoms with Crippen molar-refractivity contribution in [1.29, 1.82) is 0 Å². The van der Waals surface area contributed by atoms with E-state index < -0.39 is 0 Å². The Morgan fingerprint density at radius 1 is 1.30 bits per heavy atom. The molecule has 112 valence electrons. The van der Waals surface area contributed by atoms with Crippen LogP contribution >= 0.6 is 15.9 Å². The number of aryl methyl sites for hydroxylation is 2. The summed E-state index contributed by atoms with van der Waals surface area (Å²) in [5.41, 5.74) is 3.34. The SMILES string of the molecule is CCCCCNC(=O)C(C)Nc1c(C)cc(C)cc1Br. The standard InChI is InChI=1S/C16H25BrN2O/c1-5-6-7-8-18-16(20)13(4)19-15-12(3)9-11(2)10-14(15)17/h9-10,13,19H,5-8H2,1-4H3,(H,18,20). The first-order valence-electron chi connectivity index (χ1n) is 7.26. The average Bonchev–Trinajstić information content (AvgIpc) is 2.38. The summed E-state index contributed by atoms with van der Waals surface area (Å²) in [6.07, 6.45) is 3.37. The van der Waals surface area contributed by atoms with Gasteiger partial charge >= 0.3 is 0 Å². The molecule has 0 aliphatic rings. The zero-order chi connectivity index (χ0) is 15.1. The van der Waals surface area contributed by atoms with E-state index in [1.165, 1.54) is 12.0 Å². The quantitative estimate of drug-likeness (QED) is 0.731. The lowest BCUT2D eigenvalue weighted by Gasteiger charge is -2.18. The lowest BCUT2D eigenvalue weighted by atomic mass is 10.1. The number of anilines is 1. The molecular formula is C16H25BrN2O. The van der Waals surface area contributed by atoms with E-state index in [-0.39, 0.29) is 11.9 Å². The molecule has 3 nitrogen and oxygen atoms in total. The molecule has 0 aliphatic heterocycles. The van der Waals surface area contributed by atoms with Gasteiger partial charge in [0.1, 0.15) is 6.04 Å². The van der Waals surface area contributed by atoms with Crippen LogP contribution < -0.4 is 10.6 Å². The zero-order valence-corrected chi connectivity index (χ0v) is 14.4. The van der Waals surface area contributed by atoms with Crippen LogP contribution in [0.2, 0.25) is 0 Å². The molecule has 0 fully saturated rings. The second-order valence-electron chi connectivity index (χ2n) is 5.30. The van der Waals surface area contributed by atoms with Gasteiger partial charge in [-0.2, -0.15) is 0 Å². The van der Waals surface area contributed by atoms with E-state index in [4.69, 9.17) is 0 Å². The lowest BCUT2D eigenvalue weighted by molar-refractivity contribution is -0.121. The van der Waals surface area contributed by atoms with Gasteiger partial charge in [0.25, 0.3) is 0 Å². The van der Waals surface area contributed by atoms with Crippen molar-refractivity contribution in [3.8, 4) is 0 Å². The topological polar surface area (TPSA) is 41.1 Å². The van der Waals surface area contributed by atoms with Crippen LogP contribution in [0.4, 0.5) is 5.69 Å². The van der Waals surface area contributed by atoms with Gasteiger partial charge < -0.3 is 10.6 Å². The van der Waals surface area contributed by atoms with Gasteiger partial charge in [0.2, 0.25) is 5.91 Å². The van der Waals surface area contributed by atoms with E-state index in [0.29, 0.717) is 0 Å². The van der Waals surface area contributed by atoms with Crippen molar-refractivity contribution < 1.29 is 4.79 Å². The first-order chi connectivity index (χ1) is 9.45. The Kier molecular flexibility index (Phi) is 7.06. The minimum atomic E-state index is -0.241. The molecule has 1 unspecified atom stereocenters. The second kappa shape index (κ2) is 8.30. The fourth-order valence-corrected chi connectivity index (χ4v) is 2.91. The van der Waals surface area contributed by atoms with Crippen LogP contribution in [0.3, 0.4) is 0 Å². The number of unbranched alkanes of at least 4 members (excludes halogenated alkanes) is 2. The molecule has 1 rings (SSSR count). The number of amides is 1. The van der Waals surface area contributed by atoms with Crippen LogP contribution in [0.5, 0.6) is 0 Å². The van der Waals surface area contributed by atoms with Crippen molar-refractivity contribution in [3.05, 3.63) is 27.7 Å². The molecule has 4 heteroatoms. The lowest BCUT2D eigenvalue weighted by Crippen LogP contribution is -2.38. The molecule has 2 N–H and O–H groups in total. The predicted molar refractivity (Wildman–Crippen MR) is 89.2 cm³/mol. The van der Waals surface area contributed by atoms with Crippen molar-refractivity contribution in [2.24, 2.45) is 0 Å². The maximum absolute atomic E-state index is 12.0. The van der Waals surface area contributed by atoms with Gasteiger partial charge in [-0.05, 0) is 60.3 Å². The fourth-order valence-electron chi connectivity index (χ4n) is 2.12. The highest BCUT2D eigenvalue weighted by molar-refractivity contribution is 9.10. The molecule has 0 bridgehead atoms. The number of rotatable bonds is 7. The van der Waals surface area contributed by atoms with Gasteiger partial charge in [-0.1, -0.05) is 25.8 Å². The van der Waals surface area contributed by atoms with Crippen LogP contribution in [-0.2, 0) is 4.79 Å². The van der Waals surface area contributed by atoms with Crippen LogP contribution in [0.25, 0.3) is 0 Å². The first kappa shape index (κ1) is 17.0. The summed E-state index contributed by atoms with van der Waals surface area (Å²) in [5, 5.41) is 6.26. The Labute approximate surface area is 130 Å². The third-order valence-electron chi connectivity index (χ3n) is 3.27. The van der Waals surface area contributed by atoms with Crippen LogP contribution in [0.15, 0.2) is 16.6 Å². The van der Waals surface area contributed by atoms with E-state index in [0.717, 1.165) is 35.1 Å². The number of hydrogen-bond donors (Lipinski definition) is 2. The number of hydrogen-bond acceptors (Lipinski definition) is 2. The minimum Gasteiger partial charge on any atom is -0.373 e. The molecule has 0 heterocycles. The molecule has 1 aromatic rings. The van der Waals surface area contributed by atoms with Gasteiger partial charge in [-0.15, -0.1) is 0 Å². The third-order valence-corrected chi connectivity index (χ3v) is 3.89. The van der Waals surface area contributed by atoms with E-state index >= 15 is 0 Å². The summed E-state index contributed by atoms with van der Waals surface area (Å²) in [6, 6.07) is 3.93. The molecule has 0 spiro atoms. The maximum atomic E-state index is 12.0. The molecule has 1 aromatic carbocycles. The summed E-state index contributed by atoms with van der Waals surface area (Å²) in [4.78, 5) is 12.0. The second-order valence-corrected chi connectivity index (χ2v) is 6.16. The summed E-state index contributed by atoms with van der Waals surface area (Å²) < 4.78 is 1.00. The Morgan fingerprint density at radius 3 is 2.60 bits per heavy atom. The monoisotopic (exact) mass is 340 g/mol. The molecule has 1 atom stereocenters. The molecular weight excluding hydrogens is 316 g/mol. The molecule has 0 saturated carbocycles. The Morgan fingerprint density at radius 2 is 2.00 bits per heavy atom. The summed E-state index contributed by atoms with van der Waals surface area (Å²) >= 11 is 3.55. The van der Waals surface area contributed by atoms with Gasteiger partial charge in [-0.3, -0.25) is 4.79 Å².